The van der Waals surface area contributed by atoms with Gasteiger partial charge in [0.1, 0.15) is 5.82 Å². The average Bonchev–Trinajstić information content (AvgIpc) is 2.35. The van der Waals surface area contributed by atoms with E-state index in [1.165, 1.54) is 19.1 Å². The molecule has 2 aromatic carbocycles. The highest BCUT2D eigenvalue weighted by Gasteiger charge is 2.17. The SMILES string of the molecule is Cc1cc(C(=O)O)c(F)cc1-c1cccc(F)c1F. The van der Waals surface area contributed by atoms with Crippen LogP contribution in [0.25, 0.3) is 11.1 Å². The lowest BCUT2D eigenvalue weighted by Gasteiger charge is -2.09. The maximum atomic E-state index is 13.6. The second-order valence-corrected chi connectivity index (χ2v) is 4.05. The highest BCUT2D eigenvalue weighted by molar-refractivity contribution is 5.89. The van der Waals surface area contributed by atoms with Gasteiger partial charge >= 0.3 is 5.97 Å². The predicted molar refractivity (Wildman–Crippen MR) is 63.4 cm³/mol. The molecule has 0 aromatic heterocycles. The van der Waals surface area contributed by atoms with Gasteiger partial charge in [0.2, 0.25) is 0 Å². The Bertz CT molecular complexity index is 666. The van der Waals surface area contributed by atoms with Crippen LogP contribution < -0.4 is 0 Å². The smallest absolute Gasteiger partial charge is 0.338 e. The summed E-state index contributed by atoms with van der Waals surface area (Å²) in [5.41, 5.74) is -0.130. The maximum Gasteiger partial charge on any atom is 0.338 e. The first kappa shape index (κ1) is 13.1. The van der Waals surface area contributed by atoms with E-state index in [-0.39, 0.29) is 11.1 Å². The molecule has 98 valence electrons. The molecule has 2 aromatic rings. The van der Waals surface area contributed by atoms with Gasteiger partial charge in [-0.25, -0.2) is 18.0 Å². The summed E-state index contributed by atoms with van der Waals surface area (Å²) >= 11 is 0. The van der Waals surface area contributed by atoms with Gasteiger partial charge < -0.3 is 5.11 Å². The zero-order chi connectivity index (χ0) is 14.2. The number of carbonyl (C=O) groups is 1. The molecule has 0 aliphatic heterocycles. The Kier molecular flexibility index (Phi) is 3.29. The molecule has 0 fully saturated rings. The normalized spacial score (nSPS) is 10.5. The molecule has 5 heteroatoms. The number of aromatic carboxylic acids is 1. The molecule has 0 saturated carbocycles. The van der Waals surface area contributed by atoms with Gasteiger partial charge in [-0.1, -0.05) is 12.1 Å². The lowest BCUT2D eigenvalue weighted by molar-refractivity contribution is 0.0692. The Morgan fingerprint density at radius 2 is 1.74 bits per heavy atom. The fraction of sp³-hybridized carbons (Fsp3) is 0.0714. The monoisotopic (exact) mass is 266 g/mol. The fourth-order valence-corrected chi connectivity index (χ4v) is 1.85. The number of carboxylic acids is 1. The van der Waals surface area contributed by atoms with E-state index < -0.39 is 29.0 Å². The molecule has 19 heavy (non-hydrogen) atoms. The summed E-state index contributed by atoms with van der Waals surface area (Å²) in [7, 11) is 0. The minimum Gasteiger partial charge on any atom is -0.478 e. The van der Waals surface area contributed by atoms with Crippen LogP contribution in [0.2, 0.25) is 0 Å². The van der Waals surface area contributed by atoms with Crippen LogP contribution in [0.1, 0.15) is 15.9 Å². The first-order chi connectivity index (χ1) is 8.91. The van der Waals surface area contributed by atoms with E-state index in [4.69, 9.17) is 5.11 Å². The predicted octanol–water partition coefficient (Wildman–Crippen LogP) is 3.78. The van der Waals surface area contributed by atoms with Gasteiger partial charge in [0, 0.05) is 5.56 Å². The highest BCUT2D eigenvalue weighted by atomic mass is 19.2. The third kappa shape index (κ3) is 2.31. The fourth-order valence-electron chi connectivity index (χ4n) is 1.85. The van der Waals surface area contributed by atoms with Crippen LogP contribution in [-0.2, 0) is 0 Å². The van der Waals surface area contributed by atoms with E-state index in [1.807, 2.05) is 0 Å². The third-order valence-electron chi connectivity index (χ3n) is 2.79. The zero-order valence-corrected chi connectivity index (χ0v) is 9.88. The quantitative estimate of drug-likeness (QED) is 0.898. The van der Waals surface area contributed by atoms with Crippen molar-refractivity contribution in [1.29, 1.82) is 0 Å². The number of hydrogen-bond acceptors (Lipinski definition) is 1. The van der Waals surface area contributed by atoms with Gasteiger partial charge in [-0.05, 0) is 36.2 Å². The first-order valence-corrected chi connectivity index (χ1v) is 5.39. The van der Waals surface area contributed by atoms with Crippen LogP contribution in [0.5, 0.6) is 0 Å². The minimum atomic E-state index is -1.41. The molecule has 0 atom stereocenters. The molecule has 0 heterocycles. The van der Waals surface area contributed by atoms with Crippen molar-refractivity contribution in [3.8, 4) is 11.1 Å². The van der Waals surface area contributed by atoms with E-state index in [9.17, 15) is 18.0 Å². The molecule has 0 aliphatic rings. The molecule has 1 N–H and O–H groups in total. The van der Waals surface area contributed by atoms with Crippen LogP contribution >= 0.6 is 0 Å². The molecule has 0 aliphatic carbocycles. The molecule has 0 spiro atoms. The number of aryl methyl sites for hydroxylation is 1. The molecule has 2 nitrogen and oxygen atoms in total. The molecule has 0 unspecified atom stereocenters. The molecule has 2 rings (SSSR count). The molecule has 0 bridgehead atoms. The van der Waals surface area contributed by atoms with E-state index in [0.717, 1.165) is 18.2 Å². The number of halogens is 3. The zero-order valence-electron chi connectivity index (χ0n) is 9.88. The van der Waals surface area contributed by atoms with Crippen molar-refractivity contribution in [1.82, 2.24) is 0 Å². The Labute approximate surface area is 107 Å². The van der Waals surface area contributed by atoms with E-state index in [0.29, 0.717) is 5.56 Å². The number of hydrogen-bond donors (Lipinski definition) is 1. The summed E-state index contributed by atoms with van der Waals surface area (Å²) in [5.74, 6) is -4.53. The van der Waals surface area contributed by atoms with Crippen molar-refractivity contribution >= 4 is 5.97 Å². The minimum absolute atomic E-state index is 0.103. The van der Waals surface area contributed by atoms with Gasteiger partial charge in [0.05, 0.1) is 5.56 Å². The Morgan fingerprint density at radius 3 is 2.37 bits per heavy atom. The largest absolute Gasteiger partial charge is 0.478 e. The summed E-state index contributed by atoms with van der Waals surface area (Å²) in [4.78, 5) is 10.8. The van der Waals surface area contributed by atoms with Gasteiger partial charge in [0.25, 0.3) is 0 Å². The van der Waals surface area contributed by atoms with Crippen molar-refractivity contribution in [2.45, 2.75) is 6.92 Å². The maximum absolute atomic E-state index is 13.6. The number of rotatable bonds is 2. The molecule has 0 amide bonds. The van der Waals surface area contributed by atoms with Crippen molar-refractivity contribution in [3.05, 3.63) is 58.9 Å². The second kappa shape index (κ2) is 4.76. The Morgan fingerprint density at radius 1 is 1.05 bits per heavy atom. The lowest BCUT2D eigenvalue weighted by Crippen LogP contribution is -2.02. The average molecular weight is 266 g/mol. The summed E-state index contributed by atoms with van der Waals surface area (Å²) in [6.07, 6.45) is 0. The van der Waals surface area contributed by atoms with Gasteiger partial charge in [-0.15, -0.1) is 0 Å². The molecular weight excluding hydrogens is 257 g/mol. The summed E-state index contributed by atoms with van der Waals surface area (Å²) in [6.45, 7) is 1.51. The summed E-state index contributed by atoms with van der Waals surface area (Å²) in [5, 5.41) is 8.78. The standard InChI is InChI=1S/C14H9F3O2/c1-7-5-10(14(18)19)12(16)6-9(7)8-3-2-4-11(15)13(8)17/h2-6H,1H3,(H,18,19). The van der Waals surface area contributed by atoms with Crippen molar-refractivity contribution < 1.29 is 23.1 Å². The van der Waals surface area contributed by atoms with Crippen molar-refractivity contribution in [2.24, 2.45) is 0 Å². The van der Waals surface area contributed by atoms with Crippen LogP contribution in [0.3, 0.4) is 0 Å². The molecular formula is C14H9F3O2. The van der Waals surface area contributed by atoms with Gasteiger partial charge in [0.15, 0.2) is 11.6 Å². The summed E-state index contributed by atoms with van der Waals surface area (Å²) in [6, 6.07) is 5.56. The lowest BCUT2D eigenvalue weighted by atomic mass is 9.97. The van der Waals surface area contributed by atoms with Crippen LogP contribution in [-0.4, -0.2) is 11.1 Å². The van der Waals surface area contributed by atoms with Crippen LogP contribution in [0.15, 0.2) is 30.3 Å². The second-order valence-electron chi connectivity index (χ2n) is 4.05. The first-order valence-electron chi connectivity index (χ1n) is 5.39. The Hall–Kier alpha value is -2.30. The van der Waals surface area contributed by atoms with E-state index >= 15 is 0 Å². The summed E-state index contributed by atoms with van der Waals surface area (Å²) < 4.78 is 40.4. The number of benzene rings is 2. The van der Waals surface area contributed by atoms with Crippen molar-refractivity contribution in [2.75, 3.05) is 0 Å². The van der Waals surface area contributed by atoms with Crippen LogP contribution in [0.4, 0.5) is 13.2 Å². The third-order valence-corrected chi connectivity index (χ3v) is 2.79. The van der Waals surface area contributed by atoms with E-state index in [1.54, 1.807) is 0 Å². The molecule has 0 radical (unpaired) electrons. The van der Waals surface area contributed by atoms with Crippen molar-refractivity contribution in [3.63, 3.8) is 0 Å². The number of carboxylic acid groups (broad SMARTS) is 1. The van der Waals surface area contributed by atoms with Gasteiger partial charge in [-0.2, -0.15) is 0 Å². The Balaban J connectivity index is 2.67. The molecule has 0 saturated heterocycles. The highest BCUT2D eigenvalue weighted by Crippen LogP contribution is 2.29. The van der Waals surface area contributed by atoms with Gasteiger partial charge in [-0.3, -0.25) is 0 Å². The van der Waals surface area contributed by atoms with Crippen LogP contribution in [0, 0.1) is 24.4 Å². The van der Waals surface area contributed by atoms with E-state index in [2.05, 4.69) is 0 Å². The topological polar surface area (TPSA) is 37.3 Å².